The van der Waals surface area contributed by atoms with Crippen molar-refractivity contribution in [2.24, 2.45) is 0 Å². The number of halogens is 4. The molecule has 36 heavy (non-hydrogen) atoms. The molecule has 2 heterocycles. The molecule has 3 aromatic rings. The van der Waals surface area contributed by atoms with Crippen LogP contribution in [0.25, 0.3) is 0 Å². The molecule has 13 heteroatoms. The molecule has 1 aliphatic rings. The fraction of sp³-hybridized carbons (Fsp3) is 0.174. The lowest BCUT2D eigenvalue weighted by molar-refractivity contribution is -0.210. The first-order valence-corrected chi connectivity index (χ1v) is 10.8. The molecule has 8 nitrogen and oxygen atoms in total. The van der Waals surface area contributed by atoms with E-state index in [1.54, 1.807) is 0 Å². The number of carbonyl (C=O) groups excluding carboxylic acids is 1. The summed E-state index contributed by atoms with van der Waals surface area (Å²) in [6.07, 6.45) is 0.976. The van der Waals surface area contributed by atoms with Crippen LogP contribution in [0.1, 0.15) is 16.8 Å². The largest absolute Gasteiger partial charge is 0.456 e. The van der Waals surface area contributed by atoms with Gasteiger partial charge >= 0.3 is 12.0 Å². The molecule has 2 unspecified atom stereocenters. The summed E-state index contributed by atoms with van der Waals surface area (Å²) in [6.45, 7) is -1.04. The first-order valence-electron chi connectivity index (χ1n) is 10.3. The van der Waals surface area contributed by atoms with Gasteiger partial charge in [0, 0.05) is 11.6 Å². The number of hydrogen-bond acceptors (Lipinski definition) is 7. The number of urea groups is 1. The Kier molecular flexibility index (Phi) is 6.77. The number of ether oxygens (including phenoxy) is 1. The number of nitriles is 1. The predicted molar refractivity (Wildman–Crippen MR) is 121 cm³/mol. The van der Waals surface area contributed by atoms with E-state index in [0.717, 1.165) is 29.4 Å². The van der Waals surface area contributed by atoms with Crippen LogP contribution in [-0.4, -0.2) is 33.2 Å². The number of β-amino-alcohol motifs (C(OH)–C–C–N with tert-alkyl or cyclic N) is 1. The van der Waals surface area contributed by atoms with E-state index in [0.29, 0.717) is 23.4 Å². The van der Waals surface area contributed by atoms with Crippen LogP contribution in [0.4, 0.5) is 22.4 Å². The minimum Gasteiger partial charge on any atom is -0.456 e. The second-order valence-electron chi connectivity index (χ2n) is 7.76. The van der Waals surface area contributed by atoms with Gasteiger partial charge in [0.25, 0.3) is 0 Å². The highest BCUT2D eigenvalue weighted by Crippen LogP contribution is 2.46. The lowest BCUT2D eigenvalue weighted by Crippen LogP contribution is -2.55. The highest BCUT2D eigenvalue weighted by molar-refractivity contribution is 7.80. The molecular weight excluding hydrogens is 502 g/mol. The SMILES string of the molecule is N#Cc1ccc(Oc2ccc(C(F)(F)C(O)(CN3NC(=O)NC3S)c3ccc(F)cc3F)nc2)cc1. The van der Waals surface area contributed by atoms with Crippen molar-refractivity contribution in [2.45, 2.75) is 17.0 Å². The van der Waals surface area contributed by atoms with Crippen molar-refractivity contribution in [2.75, 3.05) is 6.54 Å². The van der Waals surface area contributed by atoms with Crippen molar-refractivity contribution in [3.8, 4) is 17.6 Å². The minimum absolute atomic E-state index is 0.0715. The van der Waals surface area contributed by atoms with Crippen LogP contribution in [0.3, 0.4) is 0 Å². The maximum atomic E-state index is 15.9. The van der Waals surface area contributed by atoms with E-state index in [1.165, 1.54) is 24.3 Å². The van der Waals surface area contributed by atoms with E-state index in [4.69, 9.17) is 10.00 Å². The third kappa shape index (κ3) is 4.78. The third-order valence-corrected chi connectivity index (χ3v) is 5.78. The van der Waals surface area contributed by atoms with E-state index in [2.05, 4.69) is 28.4 Å². The Morgan fingerprint density at radius 3 is 2.39 bits per heavy atom. The number of carbonyl (C=O) groups is 1. The zero-order valence-corrected chi connectivity index (χ0v) is 19.0. The minimum atomic E-state index is -4.25. The molecule has 1 fully saturated rings. The first-order chi connectivity index (χ1) is 17.0. The van der Waals surface area contributed by atoms with E-state index in [-0.39, 0.29) is 5.75 Å². The normalized spacial score (nSPS) is 17.6. The molecule has 186 valence electrons. The van der Waals surface area contributed by atoms with E-state index in [1.807, 2.05) is 6.07 Å². The van der Waals surface area contributed by atoms with Crippen LogP contribution in [0.5, 0.6) is 11.5 Å². The number of nitrogens with one attached hydrogen (secondary N) is 2. The number of benzene rings is 2. The summed E-state index contributed by atoms with van der Waals surface area (Å²) in [4.78, 5) is 15.3. The van der Waals surface area contributed by atoms with Crippen molar-refractivity contribution in [3.63, 3.8) is 0 Å². The number of aliphatic hydroxyl groups is 1. The van der Waals surface area contributed by atoms with Crippen LogP contribution < -0.4 is 15.5 Å². The van der Waals surface area contributed by atoms with Gasteiger partial charge in [0.1, 0.15) is 34.3 Å². The summed E-state index contributed by atoms with van der Waals surface area (Å²) in [5, 5.41) is 23.3. The van der Waals surface area contributed by atoms with Crippen molar-refractivity contribution < 1.29 is 32.2 Å². The van der Waals surface area contributed by atoms with Crippen LogP contribution in [0.15, 0.2) is 60.8 Å². The number of aromatic nitrogens is 1. The number of pyridine rings is 1. The lowest BCUT2D eigenvalue weighted by Gasteiger charge is -2.38. The predicted octanol–water partition coefficient (Wildman–Crippen LogP) is 3.75. The van der Waals surface area contributed by atoms with Gasteiger partial charge in [0.15, 0.2) is 5.60 Å². The molecule has 0 spiro atoms. The Hall–Kier alpha value is -3.86. The number of hydrogen-bond donors (Lipinski definition) is 4. The molecule has 4 rings (SSSR count). The highest BCUT2D eigenvalue weighted by atomic mass is 32.1. The van der Waals surface area contributed by atoms with Gasteiger partial charge < -0.3 is 15.2 Å². The number of rotatable bonds is 7. The molecule has 1 aromatic heterocycles. The smallest absolute Gasteiger partial charge is 0.331 e. The standard InChI is InChI=1S/C23H17F4N5O3S/c24-14-3-7-17(18(25)9-14)22(34,12-32-21(36)30-20(33)31-32)23(26,27)19-8-6-16(11-29-19)35-15-4-1-13(10-28)2-5-15/h1-9,11,21,34,36H,12H2,(H2,30,31,33). The summed E-state index contributed by atoms with van der Waals surface area (Å²) in [5.41, 5.74) is -3.74. The Bertz CT molecular complexity index is 1320. The van der Waals surface area contributed by atoms with Gasteiger partial charge in [-0.05, 0) is 42.5 Å². The maximum absolute atomic E-state index is 15.9. The molecule has 0 saturated carbocycles. The quantitative estimate of drug-likeness (QED) is 0.280. The van der Waals surface area contributed by atoms with E-state index >= 15 is 8.78 Å². The van der Waals surface area contributed by atoms with Gasteiger partial charge in [-0.25, -0.2) is 13.6 Å². The second kappa shape index (κ2) is 9.65. The van der Waals surface area contributed by atoms with E-state index in [9.17, 15) is 18.7 Å². The fourth-order valence-electron chi connectivity index (χ4n) is 3.54. The van der Waals surface area contributed by atoms with Gasteiger partial charge in [-0.1, -0.05) is 6.07 Å². The molecule has 2 amide bonds. The van der Waals surface area contributed by atoms with Crippen LogP contribution in [0.2, 0.25) is 0 Å². The molecular formula is C23H17F4N5O3S. The van der Waals surface area contributed by atoms with Gasteiger partial charge in [-0.2, -0.15) is 19.1 Å². The van der Waals surface area contributed by atoms with Crippen molar-refractivity contribution >= 4 is 18.7 Å². The number of thiol groups is 1. The summed E-state index contributed by atoms with van der Waals surface area (Å²) < 4.78 is 65.4. The second-order valence-corrected chi connectivity index (χ2v) is 8.25. The summed E-state index contributed by atoms with van der Waals surface area (Å²) in [7, 11) is 0. The lowest BCUT2D eigenvalue weighted by atomic mass is 9.84. The molecule has 2 atom stereocenters. The van der Waals surface area contributed by atoms with Crippen molar-refractivity contribution in [1.29, 1.82) is 5.26 Å². The number of alkyl halides is 2. The molecule has 0 radical (unpaired) electrons. The van der Waals surface area contributed by atoms with Gasteiger partial charge in [-0.15, -0.1) is 12.6 Å². The zero-order valence-electron chi connectivity index (χ0n) is 18.1. The van der Waals surface area contributed by atoms with Crippen LogP contribution in [0, 0.1) is 23.0 Å². The Labute approximate surface area is 207 Å². The number of amides is 2. The summed E-state index contributed by atoms with van der Waals surface area (Å²) in [5.74, 6) is -6.32. The summed E-state index contributed by atoms with van der Waals surface area (Å²) in [6, 6.07) is 11.0. The summed E-state index contributed by atoms with van der Waals surface area (Å²) >= 11 is 4.04. The van der Waals surface area contributed by atoms with Crippen molar-refractivity contribution in [3.05, 3.63) is 89.2 Å². The van der Waals surface area contributed by atoms with E-state index < -0.39 is 52.5 Å². The Morgan fingerprint density at radius 1 is 1.14 bits per heavy atom. The van der Waals surface area contributed by atoms with Gasteiger partial charge in [0.2, 0.25) is 0 Å². The van der Waals surface area contributed by atoms with Gasteiger partial charge in [0.05, 0.1) is 24.4 Å². The Balaban J connectivity index is 1.68. The highest BCUT2D eigenvalue weighted by Gasteiger charge is 2.59. The topological polar surface area (TPSA) is 111 Å². The zero-order chi connectivity index (χ0) is 26.1. The average Bonchev–Trinajstić information content (AvgIpc) is 3.15. The van der Waals surface area contributed by atoms with Crippen LogP contribution in [-0.2, 0) is 11.5 Å². The number of hydrazine groups is 1. The van der Waals surface area contributed by atoms with Crippen molar-refractivity contribution in [1.82, 2.24) is 20.7 Å². The van der Waals surface area contributed by atoms with Gasteiger partial charge in [-0.3, -0.25) is 10.4 Å². The molecule has 0 aliphatic carbocycles. The molecule has 3 N–H and O–H groups in total. The molecule has 0 bridgehead atoms. The fourth-order valence-corrected chi connectivity index (χ4v) is 3.80. The van der Waals surface area contributed by atoms with Crippen LogP contribution >= 0.6 is 12.6 Å². The first kappa shape index (κ1) is 25.2. The molecule has 1 aliphatic heterocycles. The maximum Gasteiger partial charge on any atom is 0.331 e. The Morgan fingerprint density at radius 2 is 1.83 bits per heavy atom. The third-order valence-electron chi connectivity index (χ3n) is 5.37. The molecule has 1 saturated heterocycles. The number of nitrogens with zero attached hydrogens (tertiary/aromatic N) is 3. The monoisotopic (exact) mass is 519 g/mol. The average molecular weight is 519 g/mol. The molecule has 2 aromatic carbocycles.